The van der Waals surface area contributed by atoms with Crippen LogP contribution in [0.5, 0.6) is 11.5 Å². The Morgan fingerprint density at radius 1 is 0.867 bits per heavy atom. The Balaban J connectivity index is 1.48. The van der Waals surface area contributed by atoms with Crippen LogP contribution in [0.25, 0.3) is 0 Å². The Labute approximate surface area is 181 Å². The first kappa shape index (κ1) is 20.6. The topological polar surface area (TPSA) is 59.1 Å². The van der Waals surface area contributed by atoms with Gasteiger partial charge in [-0.3, -0.25) is 9.59 Å². The number of thioether (sulfide) groups is 1. The predicted octanol–water partition coefficient (Wildman–Crippen LogP) is 3.53. The van der Waals surface area contributed by atoms with Crippen LogP contribution >= 0.6 is 11.8 Å². The second-order valence-corrected chi connectivity index (χ2v) is 8.97. The molecule has 0 atom stereocenters. The van der Waals surface area contributed by atoms with E-state index in [1.54, 1.807) is 32.4 Å². The maximum Gasteiger partial charge on any atom is 0.254 e. The summed E-state index contributed by atoms with van der Waals surface area (Å²) in [5.41, 5.74) is 1.28. The first-order valence-electron chi connectivity index (χ1n) is 10.1. The molecule has 7 heteroatoms. The molecule has 2 aliphatic rings. The molecule has 2 saturated heterocycles. The highest BCUT2D eigenvalue weighted by atomic mass is 32.2. The van der Waals surface area contributed by atoms with Crippen molar-refractivity contribution in [1.82, 2.24) is 9.80 Å². The number of methoxy groups -OCH3 is 2. The average molecular weight is 427 g/mol. The number of likely N-dealkylation sites (tertiary alicyclic amines) is 1. The number of hydrogen-bond acceptors (Lipinski definition) is 5. The van der Waals surface area contributed by atoms with Gasteiger partial charge in [0, 0.05) is 42.6 Å². The number of ether oxygens (including phenoxy) is 2. The molecule has 1 spiro atoms. The van der Waals surface area contributed by atoms with Gasteiger partial charge in [0.05, 0.1) is 19.1 Å². The van der Waals surface area contributed by atoms with Gasteiger partial charge in [-0.25, -0.2) is 0 Å². The van der Waals surface area contributed by atoms with Gasteiger partial charge in [-0.1, -0.05) is 18.2 Å². The highest BCUT2D eigenvalue weighted by Gasteiger charge is 2.47. The Morgan fingerprint density at radius 3 is 2.10 bits per heavy atom. The lowest BCUT2D eigenvalue weighted by molar-refractivity contribution is 0.0497. The molecule has 0 saturated carbocycles. The molecular formula is C23H26N2O4S. The van der Waals surface area contributed by atoms with E-state index < -0.39 is 0 Å². The minimum absolute atomic E-state index is 0.0361. The van der Waals surface area contributed by atoms with Gasteiger partial charge >= 0.3 is 0 Å². The molecule has 2 heterocycles. The Kier molecular flexibility index (Phi) is 5.90. The summed E-state index contributed by atoms with van der Waals surface area (Å²) in [5, 5.41) is 0. The number of rotatable bonds is 4. The zero-order chi connectivity index (χ0) is 21.1. The van der Waals surface area contributed by atoms with E-state index in [-0.39, 0.29) is 16.7 Å². The number of nitrogens with zero attached hydrogens (tertiary/aromatic N) is 2. The minimum atomic E-state index is -0.226. The summed E-state index contributed by atoms with van der Waals surface area (Å²) in [6.07, 6.45) is 1.53. The first-order chi connectivity index (χ1) is 14.6. The van der Waals surface area contributed by atoms with Crippen LogP contribution in [-0.2, 0) is 0 Å². The maximum atomic E-state index is 13.1. The number of amides is 2. The molecule has 0 N–H and O–H groups in total. The molecule has 158 valence electrons. The fraction of sp³-hybridized carbons (Fsp3) is 0.391. The number of hydrogen-bond donors (Lipinski definition) is 0. The van der Waals surface area contributed by atoms with Crippen LogP contribution in [0.4, 0.5) is 0 Å². The monoisotopic (exact) mass is 426 g/mol. The fourth-order valence-electron chi connectivity index (χ4n) is 4.22. The van der Waals surface area contributed by atoms with E-state index >= 15 is 0 Å². The third kappa shape index (κ3) is 3.86. The minimum Gasteiger partial charge on any atom is -0.497 e. The van der Waals surface area contributed by atoms with E-state index in [9.17, 15) is 9.59 Å². The highest BCUT2D eigenvalue weighted by molar-refractivity contribution is 8.00. The van der Waals surface area contributed by atoms with E-state index in [0.29, 0.717) is 30.2 Å². The molecule has 6 nitrogen and oxygen atoms in total. The van der Waals surface area contributed by atoms with Crippen LogP contribution in [0.1, 0.15) is 33.6 Å². The zero-order valence-electron chi connectivity index (χ0n) is 17.3. The van der Waals surface area contributed by atoms with Gasteiger partial charge < -0.3 is 19.3 Å². The molecule has 2 amide bonds. The van der Waals surface area contributed by atoms with Crippen LogP contribution in [0.3, 0.4) is 0 Å². The van der Waals surface area contributed by atoms with Crippen molar-refractivity contribution < 1.29 is 19.1 Å². The SMILES string of the molecule is COc1cc(OC)cc(C(=O)N2CCC3(CC2)SCCN3C(=O)c2ccccc2)c1. The molecule has 2 aromatic rings. The van der Waals surface area contributed by atoms with Crippen molar-refractivity contribution in [3.63, 3.8) is 0 Å². The van der Waals surface area contributed by atoms with Crippen LogP contribution in [0.2, 0.25) is 0 Å². The van der Waals surface area contributed by atoms with Crippen molar-refractivity contribution in [3.05, 3.63) is 59.7 Å². The van der Waals surface area contributed by atoms with Crippen molar-refractivity contribution >= 4 is 23.6 Å². The van der Waals surface area contributed by atoms with E-state index in [0.717, 1.165) is 30.7 Å². The van der Waals surface area contributed by atoms with Crippen molar-refractivity contribution in [2.24, 2.45) is 0 Å². The van der Waals surface area contributed by atoms with Gasteiger partial charge in [0.25, 0.3) is 11.8 Å². The van der Waals surface area contributed by atoms with Gasteiger partial charge in [0.1, 0.15) is 11.5 Å². The van der Waals surface area contributed by atoms with E-state index in [1.165, 1.54) is 0 Å². The zero-order valence-corrected chi connectivity index (χ0v) is 18.1. The number of carbonyl (C=O) groups excluding carboxylic acids is 2. The fourth-order valence-corrected chi connectivity index (χ4v) is 5.67. The van der Waals surface area contributed by atoms with Crippen molar-refractivity contribution in [2.75, 3.05) is 39.6 Å². The summed E-state index contributed by atoms with van der Waals surface area (Å²) < 4.78 is 10.6. The van der Waals surface area contributed by atoms with Gasteiger partial charge in [-0.15, -0.1) is 11.8 Å². The molecule has 2 fully saturated rings. The third-order valence-corrected chi connectivity index (χ3v) is 7.43. The lowest BCUT2D eigenvalue weighted by atomic mass is 10.00. The quantitative estimate of drug-likeness (QED) is 0.749. The summed E-state index contributed by atoms with van der Waals surface area (Å²) in [5.74, 6) is 2.16. The number of piperidine rings is 1. The van der Waals surface area contributed by atoms with Gasteiger partial charge in [-0.05, 0) is 37.1 Å². The molecule has 2 aromatic carbocycles. The average Bonchev–Trinajstić information content (AvgIpc) is 3.21. The lowest BCUT2D eigenvalue weighted by Gasteiger charge is -2.44. The molecule has 4 rings (SSSR count). The summed E-state index contributed by atoms with van der Waals surface area (Å²) in [7, 11) is 3.15. The molecular weight excluding hydrogens is 400 g/mol. The Hall–Kier alpha value is -2.67. The summed E-state index contributed by atoms with van der Waals surface area (Å²) >= 11 is 1.85. The first-order valence-corrected chi connectivity index (χ1v) is 11.1. The van der Waals surface area contributed by atoms with E-state index in [4.69, 9.17) is 9.47 Å². The van der Waals surface area contributed by atoms with Gasteiger partial charge in [0.15, 0.2) is 0 Å². The Morgan fingerprint density at radius 2 is 1.50 bits per heavy atom. The summed E-state index contributed by atoms with van der Waals surface area (Å²) in [6, 6.07) is 14.7. The molecule has 0 aromatic heterocycles. The lowest BCUT2D eigenvalue weighted by Crippen LogP contribution is -2.53. The van der Waals surface area contributed by atoms with Crippen LogP contribution in [-0.4, -0.2) is 66.1 Å². The highest BCUT2D eigenvalue weighted by Crippen LogP contribution is 2.44. The molecule has 0 radical (unpaired) electrons. The van der Waals surface area contributed by atoms with E-state index in [2.05, 4.69) is 0 Å². The van der Waals surface area contributed by atoms with Crippen LogP contribution in [0.15, 0.2) is 48.5 Å². The third-order valence-electron chi connectivity index (χ3n) is 5.87. The molecule has 0 bridgehead atoms. The Bertz CT molecular complexity index is 904. The largest absolute Gasteiger partial charge is 0.497 e. The molecule has 0 aliphatic carbocycles. The predicted molar refractivity (Wildman–Crippen MR) is 117 cm³/mol. The standard InChI is InChI=1S/C23H26N2O4S/c1-28-19-14-18(15-20(16-19)29-2)21(26)24-10-8-23(9-11-24)25(12-13-30-23)22(27)17-6-4-3-5-7-17/h3-7,14-16H,8-13H2,1-2H3. The second kappa shape index (κ2) is 8.60. The van der Waals surface area contributed by atoms with Crippen molar-refractivity contribution in [1.29, 1.82) is 0 Å². The molecule has 0 unspecified atom stereocenters. The number of carbonyl (C=O) groups is 2. The van der Waals surface area contributed by atoms with Crippen molar-refractivity contribution in [2.45, 2.75) is 17.7 Å². The van der Waals surface area contributed by atoms with Gasteiger partial charge in [0.2, 0.25) is 0 Å². The maximum absolute atomic E-state index is 13.1. The molecule has 30 heavy (non-hydrogen) atoms. The smallest absolute Gasteiger partial charge is 0.254 e. The molecule has 2 aliphatic heterocycles. The van der Waals surface area contributed by atoms with Crippen molar-refractivity contribution in [3.8, 4) is 11.5 Å². The van der Waals surface area contributed by atoms with E-state index in [1.807, 2.05) is 51.9 Å². The van der Waals surface area contributed by atoms with Crippen LogP contribution < -0.4 is 9.47 Å². The van der Waals surface area contributed by atoms with Gasteiger partial charge in [-0.2, -0.15) is 0 Å². The second-order valence-electron chi connectivity index (χ2n) is 7.51. The van der Waals surface area contributed by atoms with Crippen LogP contribution in [0, 0.1) is 0 Å². The summed E-state index contributed by atoms with van der Waals surface area (Å²) in [6.45, 7) is 1.98. The normalized spacial score (nSPS) is 17.8. The summed E-state index contributed by atoms with van der Waals surface area (Å²) in [4.78, 5) is 29.9. The number of benzene rings is 2.